The van der Waals surface area contributed by atoms with E-state index in [1.54, 1.807) is 0 Å². The van der Waals surface area contributed by atoms with Gasteiger partial charge in [-0.25, -0.2) is 0 Å². The Bertz CT molecular complexity index is 492. The van der Waals surface area contributed by atoms with E-state index in [4.69, 9.17) is 5.26 Å². The fourth-order valence-electron chi connectivity index (χ4n) is 2.36. The van der Waals surface area contributed by atoms with Gasteiger partial charge < -0.3 is 10.6 Å². The number of benzene rings is 1. The molecular formula is C15H20N4O. The largest absolute Gasteiger partial charge is 0.325 e. The van der Waals surface area contributed by atoms with Crippen LogP contribution in [0.15, 0.2) is 24.3 Å². The van der Waals surface area contributed by atoms with Crippen molar-refractivity contribution in [3.8, 4) is 6.07 Å². The molecule has 1 aliphatic heterocycles. The van der Waals surface area contributed by atoms with Crippen LogP contribution in [0.3, 0.4) is 0 Å². The second-order valence-corrected chi connectivity index (χ2v) is 5.17. The summed E-state index contributed by atoms with van der Waals surface area (Å²) in [7, 11) is 0. The molecule has 1 amide bonds. The van der Waals surface area contributed by atoms with Crippen molar-refractivity contribution in [2.24, 2.45) is 0 Å². The third kappa shape index (κ3) is 4.34. The summed E-state index contributed by atoms with van der Waals surface area (Å²) in [4.78, 5) is 14.1. The van der Waals surface area contributed by atoms with Crippen LogP contribution in [-0.2, 0) is 11.2 Å². The van der Waals surface area contributed by atoms with E-state index in [1.807, 2.05) is 24.3 Å². The van der Waals surface area contributed by atoms with E-state index in [2.05, 4.69) is 28.5 Å². The first-order valence-electron chi connectivity index (χ1n) is 6.89. The quantitative estimate of drug-likeness (QED) is 0.857. The van der Waals surface area contributed by atoms with Crippen molar-refractivity contribution in [1.29, 1.82) is 5.26 Å². The zero-order chi connectivity index (χ0) is 14.4. The van der Waals surface area contributed by atoms with Crippen LogP contribution in [0.1, 0.15) is 12.5 Å². The summed E-state index contributed by atoms with van der Waals surface area (Å²) < 4.78 is 0. The summed E-state index contributed by atoms with van der Waals surface area (Å²) in [5.74, 6) is 0.00660. The topological polar surface area (TPSA) is 68.2 Å². The molecule has 2 N–H and O–H groups in total. The average molecular weight is 272 g/mol. The highest BCUT2D eigenvalue weighted by Gasteiger charge is 2.17. The van der Waals surface area contributed by atoms with Crippen molar-refractivity contribution >= 4 is 11.6 Å². The number of hydrogen-bond donors (Lipinski definition) is 2. The van der Waals surface area contributed by atoms with Crippen molar-refractivity contribution in [2.45, 2.75) is 19.4 Å². The predicted molar refractivity (Wildman–Crippen MR) is 78.3 cm³/mol. The number of amides is 1. The molecule has 0 spiro atoms. The second-order valence-electron chi connectivity index (χ2n) is 5.17. The molecule has 0 bridgehead atoms. The molecule has 0 aromatic heterocycles. The molecule has 1 aromatic carbocycles. The van der Waals surface area contributed by atoms with E-state index in [1.165, 1.54) is 0 Å². The number of carbonyl (C=O) groups excluding carboxylic acids is 1. The number of hydrogen-bond acceptors (Lipinski definition) is 4. The first-order chi connectivity index (χ1) is 9.67. The molecule has 2 rings (SSSR count). The number of nitrogens with zero attached hydrogens (tertiary/aromatic N) is 2. The molecule has 5 nitrogen and oxygen atoms in total. The summed E-state index contributed by atoms with van der Waals surface area (Å²) in [6, 6.07) is 9.94. The molecule has 20 heavy (non-hydrogen) atoms. The Morgan fingerprint density at radius 1 is 1.50 bits per heavy atom. The zero-order valence-electron chi connectivity index (χ0n) is 11.7. The molecular weight excluding hydrogens is 252 g/mol. The summed E-state index contributed by atoms with van der Waals surface area (Å²) in [6.07, 6.45) is 0.396. The lowest BCUT2D eigenvalue weighted by molar-refractivity contribution is -0.117. The van der Waals surface area contributed by atoms with Gasteiger partial charge in [0.05, 0.1) is 19.0 Å². The Kier molecular flexibility index (Phi) is 5.10. The monoisotopic (exact) mass is 272 g/mol. The average Bonchev–Trinajstić information content (AvgIpc) is 2.41. The maximum absolute atomic E-state index is 12.0. The Balaban J connectivity index is 1.83. The number of piperazine rings is 1. The van der Waals surface area contributed by atoms with E-state index < -0.39 is 0 Å². The van der Waals surface area contributed by atoms with E-state index in [0.717, 1.165) is 30.9 Å². The molecule has 0 saturated carbocycles. The summed E-state index contributed by atoms with van der Waals surface area (Å²) in [5, 5.41) is 14.9. The van der Waals surface area contributed by atoms with Crippen molar-refractivity contribution in [3.05, 3.63) is 29.8 Å². The van der Waals surface area contributed by atoms with Crippen LogP contribution >= 0.6 is 0 Å². The van der Waals surface area contributed by atoms with E-state index in [9.17, 15) is 4.79 Å². The van der Waals surface area contributed by atoms with Crippen LogP contribution in [0.2, 0.25) is 0 Å². The van der Waals surface area contributed by atoms with Crippen LogP contribution in [0, 0.1) is 11.3 Å². The lowest BCUT2D eigenvalue weighted by atomic mass is 10.1. The van der Waals surface area contributed by atoms with Gasteiger partial charge in [0.1, 0.15) is 0 Å². The first kappa shape index (κ1) is 14.5. The van der Waals surface area contributed by atoms with E-state index in [-0.39, 0.29) is 5.91 Å². The molecule has 106 valence electrons. The Morgan fingerprint density at radius 3 is 2.90 bits per heavy atom. The van der Waals surface area contributed by atoms with Gasteiger partial charge in [0, 0.05) is 31.4 Å². The van der Waals surface area contributed by atoms with Gasteiger partial charge >= 0.3 is 0 Å². The third-order valence-electron chi connectivity index (χ3n) is 3.34. The highest BCUT2D eigenvalue weighted by atomic mass is 16.2. The van der Waals surface area contributed by atoms with Crippen LogP contribution in [0.25, 0.3) is 0 Å². The molecule has 1 atom stereocenters. The molecule has 5 heteroatoms. The molecule has 1 aliphatic rings. The molecule has 1 fully saturated rings. The van der Waals surface area contributed by atoms with Crippen molar-refractivity contribution < 1.29 is 4.79 Å². The number of nitriles is 1. The lowest BCUT2D eigenvalue weighted by Crippen LogP contribution is -2.51. The molecule has 0 unspecified atom stereocenters. The highest BCUT2D eigenvalue weighted by molar-refractivity contribution is 5.92. The van der Waals surface area contributed by atoms with Crippen molar-refractivity contribution in [1.82, 2.24) is 10.2 Å². The van der Waals surface area contributed by atoms with Gasteiger partial charge in [-0.15, -0.1) is 0 Å². The smallest absolute Gasteiger partial charge is 0.238 e. The third-order valence-corrected chi connectivity index (χ3v) is 3.34. The lowest BCUT2D eigenvalue weighted by Gasteiger charge is -2.31. The van der Waals surface area contributed by atoms with Gasteiger partial charge in [0.15, 0.2) is 0 Å². The van der Waals surface area contributed by atoms with Crippen LogP contribution in [-0.4, -0.2) is 43.0 Å². The van der Waals surface area contributed by atoms with Gasteiger partial charge in [0.2, 0.25) is 5.91 Å². The minimum atomic E-state index is 0.00660. The van der Waals surface area contributed by atoms with Crippen LogP contribution < -0.4 is 10.6 Å². The second kappa shape index (κ2) is 7.04. The SMILES string of the molecule is C[C@@H]1CN(CC(=O)Nc2ccc(CC#N)cc2)CCN1. The highest BCUT2D eigenvalue weighted by Crippen LogP contribution is 2.10. The van der Waals surface area contributed by atoms with Crippen LogP contribution in [0.4, 0.5) is 5.69 Å². The Hall–Kier alpha value is -1.90. The van der Waals surface area contributed by atoms with Crippen molar-refractivity contribution in [2.75, 3.05) is 31.5 Å². The first-order valence-corrected chi connectivity index (χ1v) is 6.89. The minimum Gasteiger partial charge on any atom is -0.325 e. The maximum Gasteiger partial charge on any atom is 0.238 e. The molecule has 0 radical (unpaired) electrons. The Morgan fingerprint density at radius 2 is 2.25 bits per heavy atom. The standard InChI is InChI=1S/C15H20N4O/c1-12-10-19(9-8-17-12)11-15(20)18-14-4-2-13(3-5-14)6-7-16/h2-5,12,17H,6,8-11H2,1H3,(H,18,20)/t12-/m1/s1. The molecule has 0 aliphatic carbocycles. The zero-order valence-corrected chi connectivity index (χ0v) is 11.7. The van der Waals surface area contributed by atoms with Crippen LogP contribution in [0.5, 0.6) is 0 Å². The molecule has 1 aromatic rings. The fourth-order valence-corrected chi connectivity index (χ4v) is 2.36. The number of anilines is 1. The molecule has 1 saturated heterocycles. The normalized spacial score (nSPS) is 19.3. The number of nitrogens with one attached hydrogen (secondary N) is 2. The van der Waals surface area contributed by atoms with Gasteiger partial charge in [-0.3, -0.25) is 9.69 Å². The van der Waals surface area contributed by atoms with Gasteiger partial charge in [0.25, 0.3) is 0 Å². The van der Waals surface area contributed by atoms with Gasteiger partial charge in [-0.05, 0) is 24.6 Å². The molecule has 1 heterocycles. The summed E-state index contributed by atoms with van der Waals surface area (Å²) in [6.45, 7) is 5.27. The van der Waals surface area contributed by atoms with Gasteiger partial charge in [-0.2, -0.15) is 5.26 Å². The van der Waals surface area contributed by atoms with E-state index in [0.29, 0.717) is 19.0 Å². The summed E-state index contributed by atoms with van der Waals surface area (Å²) in [5.41, 5.74) is 1.74. The van der Waals surface area contributed by atoms with E-state index >= 15 is 0 Å². The van der Waals surface area contributed by atoms with Crippen molar-refractivity contribution in [3.63, 3.8) is 0 Å². The van der Waals surface area contributed by atoms with Gasteiger partial charge in [-0.1, -0.05) is 12.1 Å². The number of carbonyl (C=O) groups is 1. The summed E-state index contributed by atoms with van der Waals surface area (Å²) >= 11 is 0. The number of rotatable bonds is 4. The maximum atomic E-state index is 12.0. The Labute approximate surface area is 119 Å². The minimum absolute atomic E-state index is 0.00660. The predicted octanol–water partition coefficient (Wildman–Crippen LogP) is 0.985. The fraction of sp³-hybridized carbons (Fsp3) is 0.467.